The SMILES string of the molecule is COS(=O)(=O)[O-].COc1cc2cc(-c3ccc4c(c3)OCO4)[n+](C)c(C)c2cc1OC. The van der Waals surface area contributed by atoms with Gasteiger partial charge in [0.15, 0.2) is 28.7 Å². The van der Waals surface area contributed by atoms with Crippen LogP contribution in [0.5, 0.6) is 23.0 Å². The highest BCUT2D eigenvalue weighted by atomic mass is 32.3. The zero-order chi connectivity index (χ0) is 22.8. The number of rotatable bonds is 4. The molecule has 2 heterocycles. The van der Waals surface area contributed by atoms with Gasteiger partial charge in [-0.2, -0.15) is 4.57 Å². The van der Waals surface area contributed by atoms with Crippen LogP contribution in [-0.4, -0.2) is 41.1 Å². The summed E-state index contributed by atoms with van der Waals surface area (Å²) >= 11 is 0. The highest BCUT2D eigenvalue weighted by molar-refractivity contribution is 7.80. The van der Waals surface area contributed by atoms with Gasteiger partial charge in [0, 0.05) is 13.0 Å². The van der Waals surface area contributed by atoms with Crippen LogP contribution in [0.2, 0.25) is 0 Å². The lowest BCUT2D eigenvalue weighted by Gasteiger charge is -2.12. The number of fused-ring (bicyclic) bond motifs is 2. The Morgan fingerprint density at radius 1 is 0.968 bits per heavy atom. The summed E-state index contributed by atoms with van der Waals surface area (Å²) in [4.78, 5) is 0. The van der Waals surface area contributed by atoms with Crippen molar-refractivity contribution in [2.75, 3.05) is 28.1 Å². The fraction of sp³-hybridized carbons (Fsp3) is 0.286. The van der Waals surface area contributed by atoms with E-state index in [1.165, 1.54) is 0 Å². The highest BCUT2D eigenvalue weighted by Crippen LogP contribution is 2.37. The lowest BCUT2D eigenvalue weighted by atomic mass is 10.0. The van der Waals surface area contributed by atoms with Gasteiger partial charge in [-0.05, 0) is 35.7 Å². The molecule has 0 fully saturated rings. The summed E-state index contributed by atoms with van der Waals surface area (Å²) in [5, 5.41) is 2.23. The van der Waals surface area contributed by atoms with Crippen LogP contribution >= 0.6 is 0 Å². The number of hydrogen-bond donors (Lipinski definition) is 0. The van der Waals surface area contributed by atoms with E-state index >= 15 is 0 Å². The van der Waals surface area contributed by atoms with Gasteiger partial charge < -0.3 is 23.5 Å². The van der Waals surface area contributed by atoms with Gasteiger partial charge in [-0.3, -0.25) is 4.18 Å². The van der Waals surface area contributed by atoms with Gasteiger partial charge in [0.1, 0.15) is 7.05 Å². The Morgan fingerprint density at radius 2 is 1.58 bits per heavy atom. The van der Waals surface area contributed by atoms with Gasteiger partial charge in [-0.25, -0.2) is 8.42 Å². The minimum Gasteiger partial charge on any atom is -0.726 e. The van der Waals surface area contributed by atoms with Crippen molar-refractivity contribution in [1.29, 1.82) is 0 Å². The molecule has 2 aromatic carbocycles. The molecule has 0 saturated heterocycles. The number of pyridine rings is 1. The quantitative estimate of drug-likeness (QED) is 0.340. The molecule has 0 amide bonds. The molecule has 31 heavy (non-hydrogen) atoms. The predicted molar refractivity (Wildman–Crippen MR) is 111 cm³/mol. The number of nitrogens with zero attached hydrogens (tertiary/aromatic N) is 1. The van der Waals surface area contributed by atoms with Crippen LogP contribution in [0.15, 0.2) is 36.4 Å². The summed E-state index contributed by atoms with van der Waals surface area (Å²) in [5.41, 5.74) is 3.31. The smallest absolute Gasteiger partial charge is 0.231 e. The van der Waals surface area contributed by atoms with E-state index < -0.39 is 10.4 Å². The topological polar surface area (TPSA) is 107 Å². The zero-order valence-corrected chi connectivity index (χ0v) is 18.6. The van der Waals surface area contributed by atoms with Crippen LogP contribution < -0.4 is 23.5 Å². The molecule has 0 unspecified atom stereocenters. The summed E-state index contributed by atoms with van der Waals surface area (Å²) in [6.45, 7) is 2.38. The van der Waals surface area contributed by atoms with Crippen LogP contribution in [0.4, 0.5) is 0 Å². The normalized spacial score (nSPS) is 12.3. The van der Waals surface area contributed by atoms with Gasteiger partial charge in [0.2, 0.25) is 22.9 Å². The van der Waals surface area contributed by atoms with Crippen molar-refractivity contribution in [2.45, 2.75) is 6.92 Å². The molecule has 0 atom stereocenters. The van der Waals surface area contributed by atoms with Crippen molar-refractivity contribution >= 4 is 21.2 Å². The molecule has 0 aliphatic carbocycles. The number of aryl methyl sites for hydroxylation is 1. The third-order valence-corrected chi connectivity index (χ3v) is 5.38. The van der Waals surface area contributed by atoms with E-state index in [0.717, 1.165) is 57.8 Å². The molecule has 9 nitrogen and oxygen atoms in total. The number of benzene rings is 2. The Hall–Kier alpha value is -3.08. The minimum absolute atomic E-state index is 0.276. The average Bonchev–Trinajstić information content (AvgIpc) is 3.23. The maximum atomic E-state index is 9.22. The van der Waals surface area contributed by atoms with Crippen LogP contribution in [-0.2, 0) is 21.6 Å². The van der Waals surface area contributed by atoms with E-state index in [1.54, 1.807) is 14.2 Å². The number of methoxy groups -OCH3 is 2. The predicted octanol–water partition coefficient (Wildman–Crippen LogP) is 2.48. The number of hydrogen-bond acceptors (Lipinski definition) is 8. The summed E-state index contributed by atoms with van der Waals surface area (Å²) in [5.74, 6) is 3.02. The van der Waals surface area contributed by atoms with E-state index in [0.29, 0.717) is 0 Å². The van der Waals surface area contributed by atoms with Crippen molar-refractivity contribution in [3.63, 3.8) is 0 Å². The Kier molecular flexibility index (Phi) is 6.54. The van der Waals surface area contributed by atoms with Gasteiger partial charge in [0.25, 0.3) is 0 Å². The van der Waals surface area contributed by atoms with Gasteiger partial charge in [-0.1, -0.05) is 0 Å². The Labute approximate surface area is 180 Å². The van der Waals surface area contributed by atoms with Crippen molar-refractivity contribution in [2.24, 2.45) is 7.05 Å². The maximum Gasteiger partial charge on any atom is 0.231 e. The van der Waals surface area contributed by atoms with E-state index in [-0.39, 0.29) is 6.79 Å². The molecular formula is C21H23NO8S. The number of ether oxygens (including phenoxy) is 4. The third kappa shape index (κ3) is 4.82. The van der Waals surface area contributed by atoms with Crippen molar-refractivity contribution in [3.8, 4) is 34.3 Å². The van der Waals surface area contributed by atoms with Gasteiger partial charge in [0.05, 0.1) is 32.3 Å². The van der Waals surface area contributed by atoms with Crippen molar-refractivity contribution in [1.82, 2.24) is 0 Å². The van der Waals surface area contributed by atoms with Gasteiger partial charge >= 0.3 is 0 Å². The van der Waals surface area contributed by atoms with E-state index in [9.17, 15) is 13.0 Å². The molecule has 1 aromatic heterocycles. The maximum absolute atomic E-state index is 9.22. The van der Waals surface area contributed by atoms with E-state index in [4.69, 9.17) is 18.9 Å². The lowest BCUT2D eigenvalue weighted by Crippen LogP contribution is -2.34. The minimum atomic E-state index is -4.41. The monoisotopic (exact) mass is 449 g/mol. The second-order valence-electron chi connectivity index (χ2n) is 6.61. The highest BCUT2D eigenvalue weighted by Gasteiger charge is 2.21. The standard InChI is InChI=1S/C20H20NO4.CH4O4S/c1-12-15-10-19(23-4)18(22-3)9-14(15)7-16(21(12)2)13-5-6-17-20(8-13)25-11-24-17;1-5-6(2,3)4/h5-10H,11H2,1-4H3;1H3,(H,2,3,4)/q+1;/p-1. The number of aromatic nitrogens is 1. The molecule has 166 valence electrons. The molecule has 0 saturated carbocycles. The van der Waals surface area contributed by atoms with Crippen LogP contribution in [0.3, 0.4) is 0 Å². The summed E-state index contributed by atoms with van der Waals surface area (Å²) in [6.07, 6.45) is 0. The largest absolute Gasteiger partial charge is 0.726 e. The average molecular weight is 449 g/mol. The lowest BCUT2D eigenvalue weighted by molar-refractivity contribution is -0.665. The summed E-state index contributed by atoms with van der Waals surface area (Å²) < 4.78 is 55.0. The molecular weight excluding hydrogens is 426 g/mol. The Bertz CT molecular complexity index is 1220. The van der Waals surface area contributed by atoms with Crippen molar-refractivity contribution < 1.29 is 40.7 Å². The van der Waals surface area contributed by atoms with E-state index in [2.05, 4.69) is 34.9 Å². The van der Waals surface area contributed by atoms with E-state index in [1.807, 2.05) is 24.3 Å². The fourth-order valence-corrected chi connectivity index (χ4v) is 3.27. The molecule has 0 spiro atoms. The zero-order valence-electron chi connectivity index (χ0n) is 17.8. The third-order valence-electron chi connectivity index (χ3n) is 4.97. The van der Waals surface area contributed by atoms with Crippen LogP contribution in [0.25, 0.3) is 22.0 Å². The molecule has 0 radical (unpaired) electrons. The molecule has 3 aromatic rings. The first-order chi connectivity index (χ1) is 14.7. The van der Waals surface area contributed by atoms with Crippen LogP contribution in [0, 0.1) is 6.92 Å². The molecule has 1 aliphatic rings. The first-order valence-electron chi connectivity index (χ1n) is 9.15. The second-order valence-corrected chi connectivity index (χ2v) is 7.76. The first kappa shape index (κ1) is 22.6. The molecule has 4 rings (SSSR count). The molecule has 1 aliphatic heterocycles. The molecule has 0 bridgehead atoms. The Morgan fingerprint density at radius 3 is 2.19 bits per heavy atom. The van der Waals surface area contributed by atoms with Crippen molar-refractivity contribution in [3.05, 3.63) is 42.1 Å². The Balaban J connectivity index is 0.000000401. The summed E-state index contributed by atoms with van der Waals surface area (Å²) in [6, 6.07) is 12.2. The second kappa shape index (κ2) is 8.96. The fourth-order valence-electron chi connectivity index (χ4n) is 3.27. The first-order valence-corrected chi connectivity index (χ1v) is 10.5. The molecule has 0 N–H and O–H groups in total. The summed E-state index contributed by atoms with van der Waals surface area (Å²) in [7, 11) is 1.76. The molecule has 10 heteroatoms. The van der Waals surface area contributed by atoms with Crippen LogP contribution in [0.1, 0.15) is 5.69 Å². The van der Waals surface area contributed by atoms with Gasteiger partial charge in [-0.15, -0.1) is 0 Å².